The molecule has 0 aromatic carbocycles. The molecule has 3 heterocycles. The zero-order valence-electron chi connectivity index (χ0n) is 10.5. The molecule has 2 aromatic rings. The topological polar surface area (TPSA) is 140 Å². The summed E-state index contributed by atoms with van der Waals surface area (Å²) in [7, 11) is 0. The lowest BCUT2D eigenvalue weighted by Gasteiger charge is -2.15. The molecule has 9 nitrogen and oxygen atoms in total. The summed E-state index contributed by atoms with van der Waals surface area (Å²) in [5.74, 6) is 0.273. The fourth-order valence-electron chi connectivity index (χ4n) is 2.35. The Kier molecular flexibility index (Phi) is 3.26. The fraction of sp³-hybridized carbons (Fsp3) is 0.545. The molecule has 0 spiro atoms. The number of aliphatic hydroxyl groups is 3. The Hall–Kier alpha value is -1.81. The Morgan fingerprint density at radius 3 is 2.65 bits per heavy atom. The highest BCUT2D eigenvalue weighted by atomic mass is 16.6. The molecule has 1 aliphatic heterocycles. The van der Waals surface area contributed by atoms with Crippen LogP contribution < -0.4 is 5.73 Å². The maximum Gasteiger partial charge on any atom is 0.165 e. The van der Waals surface area contributed by atoms with Gasteiger partial charge in [-0.1, -0.05) is 0 Å². The van der Waals surface area contributed by atoms with Gasteiger partial charge in [0.2, 0.25) is 0 Å². The maximum absolute atomic E-state index is 9.91. The molecule has 2 aromatic heterocycles. The highest BCUT2D eigenvalue weighted by Gasteiger charge is 2.42. The first-order valence-corrected chi connectivity index (χ1v) is 6.15. The maximum atomic E-state index is 9.91. The van der Waals surface area contributed by atoms with Crippen molar-refractivity contribution in [1.29, 1.82) is 0 Å². The van der Waals surface area contributed by atoms with Crippen LogP contribution in [0.2, 0.25) is 0 Å². The van der Waals surface area contributed by atoms with E-state index in [-0.39, 0.29) is 19.0 Å². The van der Waals surface area contributed by atoms with Gasteiger partial charge in [-0.05, 0) is 0 Å². The molecule has 1 aliphatic rings. The van der Waals surface area contributed by atoms with Crippen molar-refractivity contribution in [2.75, 3.05) is 12.3 Å². The number of ether oxygens (including phenoxy) is 1. The summed E-state index contributed by atoms with van der Waals surface area (Å²) in [5.41, 5.74) is 6.68. The van der Waals surface area contributed by atoms with Crippen LogP contribution in [0.5, 0.6) is 0 Å². The number of anilines is 1. The van der Waals surface area contributed by atoms with Crippen molar-refractivity contribution in [3.8, 4) is 0 Å². The largest absolute Gasteiger partial charge is 0.394 e. The molecular formula is C11H15N5O4. The van der Waals surface area contributed by atoms with Crippen molar-refractivity contribution in [2.45, 2.75) is 31.0 Å². The van der Waals surface area contributed by atoms with Crippen molar-refractivity contribution in [3.63, 3.8) is 0 Å². The smallest absolute Gasteiger partial charge is 0.165 e. The Labute approximate surface area is 113 Å². The van der Waals surface area contributed by atoms with Gasteiger partial charge in [0.05, 0.1) is 19.5 Å². The second kappa shape index (κ2) is 4.94. The van der Waals surface area contributed by atoms with Gasteiger partial charge in [0.15, 0.2) is 11.5 Å². The van der Waals surface area contributed by atoms with E-state index in [9.17, 15) is 10.2 Å². The van der Waals surface area contributed by atoms with Gasteiger partial charge in [-0.15, -0.1) is 0 Å². The minimum Gasteiger partial charge on any atom is -0.394 e. The van der Waals surface area contributed by atoms with Crippen LogP contribution in [0.15, 0.2) is 12.7 Å². The third kappa shape index (κ3) is 2.00. The number of aromatic nitrogens is 4. The molecule has 0 unspecified atom stereocenters. The number of nitrogen functional groups attached to an aromatic ring is 1. The van der Waals surface area contributed by atoms with Crippen LogP contribution in [0.3, 0.4) is 0 Å². The van der Waals surface area contributed by atoms with E-state index in [1.165, 1.54) is 12.7 Å². The van der Waals surface area contributed by atoms with Crippen LogP contribution in [0.25, 0.3) is 11.2 Å². The Morgan fingerprint density at radius 2 is 1.95 bits per heavy atom. The lowest BCUT2D eigenvalue weighted by molar-refractivity contribution is -0.0262. The second-order valence-corrected chi connectivity index (χ2v) is 4.70. The highest BCUT2D eigenvalue weighted by molar-refractivity contribution is 5.81. The summed E-state index contributed by atoms with van der Waals surface area (Å²) in [4.78, 5) is 12.0. The average molecular weight is 281 g/mol. The van der Waals surface area contributed by atoms with E-state index in [1.54, 1.807) is 4.57 Å². The van der Waals surface area contributed by atoms with Crippen molar-refractivity contribution in [1.82, 2.24) is 19.5 Å². The number of hydrogen-bond acceptors (Lipinski definition) is 8. The highest BCUT2D eigenvalue weighted by Crippen LogP contribution is 2.24. The van der Waals surface area contributed by atoms with Crippen molar-refractivity contribution in [2.24, 2.45) is 0 Å². The van der Waals surface area contributed by atoms with Gasteiger partial charge in [-0.3, -0.25) is 0 Å². The van der Waals surface area contributed by atoms with E-state index >= 15 is 0 Å². The SMILES string of the molecule is Nc1ncnc2c1ncn2C[C@@H]1O[C@H](CO)[C@@H](O)[C@@H]1O. The predicted molar refractivity (Wildman–Crippen MR) is 67.5 cm³/mol. The number of aliphatic hydroxyl groups excluding tert-OH is 3. The van der Waals surface area contributed by atoms with Gasteiger partial charge in [0.1, 0.15) is 36.3 Å². The molecule has 0 bridgehead atoms. The van der Waals surface area contributed by atoms with E-state index in [0.29, 0.717) is 11.2 Å². The van der Waals surface area contributed by atoms with E-state index in [1.807, 2.05) is 0 Å². The molecule has 3 rings (SSSR count). The Balaban J connectivity index is 1.85. The van der Waals surface area contributed by atoms with Crippen LogP contribution in [-0.4, -0.2) is 65.9 Å². The van der Waals surface area contributed by atoms with E-state index in [2.05, 4.69) is 15.0 Å². The molecular weight excluding hydrogens is 266 g/mol. The van der Waals surface area contributed by atoms with Crippen LogP contribution in [0.4, 0.5) is 5.82 Å². The fourth-order valence-corrected chi connectivity index (χ4v) is 2.35. The van der Waals surface area contributed by atoms with Gasteiger partial charge >= 0.3 is 0 Å². The number of imidazole rings is 1. The standard InChI is InChI=1S/C11H15N5O4/c12-10-7-11(14-3-13-10)16(4-15-7)1-5-8(18)9(19)6(2-17)20-5/h3-6,8-9,17-19H,1-2H2,(H2,12,13,14)/t5-,6+,8+,9+/m0/s1. The summed E-state index contributed by atoms with van der Waals surface area (Å²) in [6, 6.07) is 0. The second-order valence-electron chi connectivity index (χ2n) is 4.70. The minimum absolute atomic E-state index is 0.238. The minimum atomic E-state index is -1.11. The monoisotopic (exact) mass is 281 g/mol. The summed E-state index contributed by atoms with van der Waals surface area (Å²) in [6.45, 7) is -0.115. The van der Waals surface area contributed by atoms with Crippen molar-refractivity contribution >= 4 is 17.0 Å². The van der Waals surface area contributed by atoms with Crippen molar-refractivity contribution in [3.05, 3.63) is 12.7 Å². The predicted octanol–water partition coefficient (Wildman–Crippen LogP) is -2.11. The molecule has 5 N–H and O–H groups in total. The Morgan fingerprint density at radius 1 is 1.20 bits per heavy atom. The van der Waals surface area contributed by atoms with E-state index in [0.717, 1.165) is 0 Å². The Bertz CT molecular complexity index is 618. The summed E-state index contributed by atoms with van der Waals surface area (Å²) < 4.78 is 7.07. The molecule has 9 heteroatoms. The number of rotatable bonds is 3. The van der Waals surface area contributed by atoms with Crippen LogP contribution in [-0.2, 0) is 11.3 Å². The number of nitrogens with two attached hydrogens (primary N) is 1. The average Bonchev–Trinajstić information content (AvgIpc) is 2.97. The van der Waals surface area contributed by atoms with Crippen LogP contribution in [0.1, 0.15) is 0 Å². The zero-order valence-corrected chi connectivity index (χ0v) is 10.5. The van der Waals surface area contributed by atoms with E-state index < -0.39 is 24.4 Å². The molecule has 0 amide bonds. The van der Waals surface area contributed by atoms with Crippen LogP contribution in [0, 0.1) is 0 Å². The first-order valence-electron chi connectivity index (χ1n) is 6.15. The third-order valence-electron chi connectivity index (χ3n) is 3.45. The lowest BCUT2D eigenvalue weighted by atomic mass is 10.1. The quantitative estimate of drug-likeness (QED) is 0.501. The molecule has 0 aliphatic carbocycles. The summed E-state index contributed by atoms with van der Waals surface area (Å²) in [6.07, 6.45) is -0.791. The number of fused-ring (bicyclic) bond motifs is 1. The number of hydrogen-bond donors (Lipinski definition) is 4. The third-order valence-corrected chi connectivity index (χ3v) is 3.45. The van der Waals surface area contributed by atoms with Gasteiger partial charge in [0.25, 0.3) is 0 Å². The van der Waals surface area contributed by atoms with E-state index in [4.69, 9.17) is 15.6 Å². The molecule has 108 valence electrons. The first kappa shape index (κ1) is 13.2. The summed E-state index contributed by atoms with van der Waals surface area (Å²) in [5, 5.41) is 28.7. The zero-order chi connectivity index (χ0) is 14.3. The van der Waals surface area contributed by atoms with Crippen molar-refractivity contribution < 1.29 is 20.1 Å². The van der Waals surface area contributed by atoms with Gasteiger partial charge in [-0.2, -0.15) is 0 Å². The number of nitrogens with zero attached hydrogens (tertiary/aromatic N) is 4. The molecule has 4 atom stereocenters. The molecule has 1 fully saturated rings. The first-order chi connectivity index (χ1) is 9.61. The molecule has 20 heavy (non-hydrogen) atoms. The molecule has 1 saturated heterocycles. The molecule has 0 saturated carbocycles. The van der Waals surface area contributed by atoms with Gasteiger partial charge < -0.3 is 30.4 Å². The van der Waals surface area contributed by atoms with Gasteiger partial charge in [-0.25, -0.2) is 15.0 Å². The van der Waals surface area contributed by atoms with Crippen LogP contribution >= 0.6 is 0 Å². The normalized spacial score (nSPS) is 30.1. The molecule has 0 radical (unpaired) electrons. The lowest BCUT2D eigenvalue weighted by Crippen LogP contribution is -2.35. The summed E-state index contributed by atoms with van der Waals surface area (Å²) >= 11 is 0. The van der Waals surface area contributed by atoms with Gasteiger partial charge in [0, 0.05) is 0 Å².